The number of carboxylic acids is 1. The van der Waals surface area contributed by atoms with E-state index in [1.165, 1.54) is 29.2 Å². The van der Waals surface area contributed by atoms with Crippen LogP contribution in [0.15, 0.2) is 39.7 Å². The number of benzene rings is 1. The molecule has 0 radical (unpaired) electrons. The van der Waals surface area contributed by atoms with Gasteiger partial charge in [0.25, 0.3) is 11.6 Å². The van der Waals surface area contributed by atoms with E-state index in [1.54, 1.807) is 12.1 Å². The number of carbonyl (C=O) groups is 2. The normalized spacial score (nSPS) is 15.3. The molecule has 0 saturated carbocycles. The number of nitro benzene ring substituents is 1. The van der Waals surface area contributed by atoms with Crippen LogP contribution in [0.4, 0.5) is 5.69 Å². The van der Waals surface area contributed by atoms with Gasteiger partial charge in [-0.2, -0.15) is 0 Å². The molecule has 1 fully saturated rings. The number of non-ortho nitro benzene ring substituents is 1. The van der Waals surface area contributed by atoms with Crippen LogP contribution in [-0.2, 0) is 9.59 Å². The van der Waals surface area contributed by atoms with Crippen molar-refractivity contribution in [2.24, 2.45) is 0 Å². The minimum Gasteiger partial charge on any atom is -0.481 e. The predicted molar refractivity (Wildman–Crippen MR) is 113 cm³/mol. The summed E-state index contributed by atoms with van der Waals surface area (Å²) in [6, 6.07) is 7.24. The van der Waals surface area contributed by atoms with E-state index in [0.29, 0.717) is 37.8 Å². The first-order valence-electron chi connectivity index (χ1n) is 8.27. The van der Waals surface area contributed by atoms with Crippen LogP contribution in [0.5, 0.6) is 0 Å². The second kappa shape index (κ2) is 8.76. The molecule has 1 saturated heterocycles. The van der Waals surface area contributed by atoms with E-state index in [2.05, 4.69) is 0 Å². The molecule has 0 spiro atoms. The number of thioether (sulfide) groups is 1. The van der Waals surface area contributed by atoms with Crippen LogP contribution in [0.25, 0.3) is 17.4 Å². The van der Waals surface area contributed by atoms with Crippen LogP contribution in [-0.4, -0.2) is 37.7 Å². The van der Waals surface area contributed by atoms with Gasteiger partial charge >= 0.3 is 5.97 Å². The molecule has 2 aromatic rings. The molecule has 11 heteroatoms. The second-order valence-corrected chi connectivity index (χ2v) is 8.04. The van der Waals surface area contributed by atoms with Gasteiger partial charge in [0.2, 0.25) is 0 Å². The van der Waals surface area contributed by atoms with Crippen LogP contribution < -0.4 is 0 Å². The average Bonchev–Trinajstić information content (AvgIpc) is 3.21. The Morgan fingerprint density at radius 3 is 2.83 bits per heavy atom. The molecular weight excluding hydrogens is 440 g/mol. The molecule has 1 amide bonds. The third-order valence-electron chi connectivity index (χ3n) is 3.97. The van der Waals surface area contributed by atoms with E-state index in [9.17, 15) is 19.7 Å². The summed E-state index contributed by atoms with van der Waals surface area (Å²) in [7, 11) is 0. The molecule has 1 aliphatic heterocycles. The number of hydrogen-bond acceptors (Lipinski definition) is 7. The summed E-state index contributed by atoms with van der Waals surface area (Å²) < 4.78 is 6.04. The van der Waals surface area contributed by atoms with Crippen molar-refractivity contribution < 1.29 is 24.0 Å². The van der Waals surface area contributed by atoms with Gasteiger partial charge in [-0.25, -0.2) is 0 Å². The van der Waals surface area contributed by atoms with Crippen LogP contribution in [0, 0.1) is 10.1 Å². The van der Waals surface area contributed by atoms with E-state index in [0.717, 1.165) is 11.8 Å². The van der Waals surface area contributed by atoms with E-state index in [1.807, 2.05) is 0 Å². The summed E-state index contributed by atoms with van der Waals surface area (Å²) in [6.45, 7) is 0.223. The number of rotatable bonds is 7. The van der Waals surface area contributed by atoms with Crippen molar-refractivity contribution in [3.05, 3.63) is 56.1 Å². The standard InChI is InChI=1S/C18H13ClN2O6S2/c19-13-5-3-10(21(25)26)8-12(13)14-6-4-11(27-14)9-15-17(24)20(18(28)29-15)7-1-2-16(22)23/h3-6,8-9H,1-2,7H2,(H,22,23)/b15-9+. The number of thiocarbonyl (C=S) groups is 1. The Labute approximate surface area is 179 Å². The summed E-state index contributed by atoms with van der Waals surface area (Å²) in [5.41, 5.74) is 0.242. The summed E-state index contributed by atoms with van der Waals surface area (Å²) in [6.07, 6.45) is 1.76. The van der Waals surface area contributed by atoms with Crippen LogP contribution in [0.1, 0.15) is 18.6 Å². The minimum absolute atomic E-state index is 0.0539. The molecule has 3 rings (SSSR count). The van der Waals surface area contributed by atoms with Crippen molar-refractivity contribution in [2.45, 2.75) is 12.8 Å². The van der Waals surface area contributed by atoms with Gasteiger partial charge in [0.05, 0.1) is 14.9 Å². The minimum atomic E-state index is -0.936. The van der Waals surface area contributed by atoms with Crippen molar-refractivity contribution >= 4 is 63.5 Å². The molecule has 2 heterocycles. The number of nitro groups is 1. The highest BCUT2D eigenvalue weighted by molar-refractivity contribution is 8.26. The quantitative estimate of drug-likeness (QED) is 0.281. The third-order valence-corrected chi connectivity index (χ3v) is 5.68. The molecule has 0 aliphatic carbocycles. The number of furan rings is 1. The van der Waals surface area contributed by atoms with Gasteiger partial charge in [-0.1, -0.05) is 35.6 Å². The van der Waals surface area contributed by atoms with Gasteiger partial charge in [0.15, 0.2) is 0 Å². The van der Waals surface area contributed by atoms with Gasteiger partial charge in [0, 0.05) is 36.7 Å². The molecule has 0 bridgehead atoms. The Morgan fingerprint density at radius 1 is 1.38 bits per heavy atom. The zero-order valence-electron chi connectivity index (χ0n) is 14.7. The number of halogens is 1. The molecule has 1 N–H and O–H groups in total. The van der Waals surface area contributed by atoms with E-state index in [4.69, 9.17) is 33.3 Å². The summed E-state index contributed by atoms with van der Waals surface area (Å²) in [5, 5.41) is 20.0. The monoisotopic (exact) mass is 452 g/mol. The molecule has 150 valence electrons. The van der Waals surface area contributed by atoms with Crippen LogP contribution in [0.3, 0.4) is 0 Å². The molecule has 0 atom stereocenters. The van der Waals surface area contributed by atoms with Crippen LogP contribution >= 0.6 is 35.6 Å². The lowest BCUT2D eigenvalue weighted by Gasteiger charge is -2.13. The maximum Gasteiger partial charge on any atom is 0.303 e. The predicted octanol–water partition coefficient (Wildman–Crippen LogP) is 4.57. The number of carboxylic acid groups (broad SMARTS) is 1. The molecular formula is C18H13ClN2O6S2. The first kappa shape index (κ1) is 21.0. The molecule has 1 aromatic carbocycles. The van der Waals surface area contributed by atoms with Gasteiger partial charge in [-0.15, -0.1) is 0 Å². The highest BCUT2D eigenvalue weighted by atomic mass is 35.5. The number of carbonyl (C=O) groups excluding carboxylic acids is 1. The largest absolute Gasteiger partial charge is 0.481 e. The lowest BCUT2D eigenvalue weighted by atomic mass is 10.1. The lowest BCUT2D eigenvalue weighted by Crippen LogP contribution is -2.29. The first-order chi connectivity index (χ1) is 13.8. The van der Waals surface area contributed by atoms with Crippen molar-refractivity contribution in [3.63, 3.8) is 0 Å². The lowest BCUT2D eigenvalue weighted by molar-refractivity contribution is -0.384. The van der Waals surface area contributed by atoms with E-state index < -0.39 is 10.9 Å². The van der Waals surface area contributed by atoms with Gasteiger partial charge in [-0.05, 0) is 24.6 Å². The molecule has 29 heavy (non-hydrogen) atoms. The fourth-order valence-electron chi connectivity index (χ4n) is 2.60. The van der Waals surface area contributed by atoms with E-state index >= 15 is 0 Å². The Morgan fingerprint density at radius 2 is 2.14 bits per heavy atom. The number of hydrogen-bond donors (Lipinski definition) is 1. The fraction of sp³-hybridized carbons (Fsp3) is 0.167. The highest BCUT2D eigenvalue weighted by Crippen LogP contribution is 2.36. The van der Waals surface area contributed by atoms with E-state index in [-0.39, 0.29) is 24.6 Å². The first-order valence-corrected chi connectivity index (χ1v) is 9.88. The summed E-state index contributed by atoms with van der Waals surface area (Å²) >= 11 is 12.4. The Hall–Kier alpha value is -2.69. The molecule has 1 aromatic heterocycles. The third kappa shape index (κ3) is 4.84. The van der Waals surface area contributed by atoms with Crippen molar-refractivity contribution in [1.82, 2.24) is 4.90 Å². The van der Waals surface area contributed by atoms with Gasteiger partial charge in [0.1, 0.15) is 15.8 Å². The fourth-order valence-corrected chi connectivity index (χ4v) is 4.10. The topological polar surface area (TPSA) is 114 Å². The average molecular weight is 453 g/mol. The SMILES string of the molecule is O=C(O)CCCN1C(=O)/C(=C\c2ccc(-c3cc([N+](=O)[O-])ccc3Cl)o2)SC1=S. The summed E-state index contributed by atoms with van der Waals surface area (Å²) in [5.74, 6) is -0.582. The molecule has 8 nitrogen and oxygen atoms in total. The Kier molecular flexibility index (Phi) is 6.36. The smallest absolute Gasteiger partial charge is 0.303 e. The zero-order valence-corrected chi connectivity index (χ0v) is 17.1. The number of amides is 1. The van der Waals surface area contributed by atoms with Crippen LogP contribution in [0.2, 0.25) is 5.02 Å². The highest BCUT2D eigenvalue weighted by Gasteiger charge is 2.32. The number of aliphatic carboxylic acids is 1. The maximum absolute atomic E-state index is 12.5. The van der Waals surface area contributed by atoms with Crippen molar-refractivity contribution in [3.8, 4) is 11.3 Å². The summed E-state index contributed by atoms with van der Waals surface area (Å²) in [4.78, 5) is 35.3. The second-order valence-electron chi connectivity index (χ2n) is 5.95. The Bertz CT molecular complexity index is 1050. The van der Waals surface area contributed by atoms with Crippen molar-refractivity contribution in [2.75, 3.05) is 6.54 Å². The van der Waals surface area contributed by atoms with Gasteiger partial charge < -0.3 is 9.52 Å². The molecule has 0 unspecified atom stereocenters. The maximum atomic E-state index is 12.5. The zero-order chi connectivity index (χ0) is 21.1. The van der Waals surface area contributed by atoms with Crippen molar-refractivity contribution in [1.29, 1.82) is 0 Å². The Balaban J connectivity index is 1.79. The number of nitrogens with zero attached hydrogens (tertiary/aromatic N) is 2. The van der Waals surface area contributed by atoms with Gasteiger partial charge in [-0.3, -0.25) is 24.6 Å². The molecule has 1 aliphatic rings.